The maximum absolute atomic E-state index is 4.99. The maximum Gasteiger partial charge on any atom is 0.226 e. The van der Waals surface area contributed by atoms with Gasteiger partial charge < -0.3 is 10.1 Å². The second kappa shape index (κ2) is 5.01. The Morgan fingerprint density at radius 1 is 1.25 bits per heavy atom. The first kappa shape index (κ1) is 10.3. The third-order valence-electron chi connectivity index (χ3n) is 1.91. The largest absolute Gasteiger partial charge is 0.481 e. The zero-order chi connectivity index (χ0) is 11.2. The van der Waals surface area contributed by atoms with Gasteiger partial charge >= 0.3 is 0 Å². The number of rotatable bonds is 4. The second-order valence-corrected chi connectivity index (χ2v) is 2.98. The Kier molecular flexibility index (Phi) is 3.22. The fourth-order valence-electron chi connectivity index (χ4n) is 1.13. The number of hydrogen-bond acceptors (Lipinski definition) is 6. The molecule has 0 bridgehead atoms. The number of nitrogens with one attached hydrogen (secondary N) is 1. The molecule has 82 valence electrons. The van der Waals surface area contributed by atoms with E-state index in [-0.39, 0.29) is 0 Å². The van der Waals surface area contributed by atoms with Gasteiger partial charge in [-0.05, 0) is 6.07 Å². The molecule has 2 aromatic heterocycles. The lowest BCUT2D eigenvalue weighted by Gasteiger charge is -2.04. The second-order valence-electron chi connectivity index (χ2n) is 2.98. The van der Waals surface area contributed by atoms with Crippen LogP contribution in [0.15, 0.2) is 30.9 Å². The van der Waals surface area contributed by atoms with Crippen LogP contribution in [0.5, 0.6) is 5.88 Å². The number of nitrogens with zero attached hydrogens (tertiary/aromatic N) is 4. The van der Waals surface area contributed by atoms with Crippen LogP contribution in [0.2, 0.25) is 0 Å². The van der Waals surface area contributed by atoms with Crippen molar-refractivity contribution in [3.8, 4) is 5.88 Å². The minimum atomic E-state index is 0.512. The quantitative estimate of drug-likeness (QED) is 0.819. The van der Waals surface area contributed by atoms with Crippen LogP contribution < -0.4 is 10.1 Å². The Morgan fingerprint density at radius 2 is 2.19 bits per heavy atom. The van der Waals surface area contributed by atoms with Crippen molar-refractivity contribution in [2.45, 2.75) is 6.54 Å². The highest BCUT2D eigenvalue weighted by Gasteiger charge is 1.99. The zero-order valence-electron chi connectivity index (χ0n) is 8.79. The molecule has 0 saturated heterocycles. The molecule has 0 aliphatic heterocycles. The predicted octanol–water partition coefficient (Wildman–Crippen LogP) is 0.887. The Morgan fingerprint density at radius 3 is 2.94 bits per heavy atom. The normalized spacial score (nSPS) is 9.81. The van der Waals surface area contributed by atoms with Crippen molar-refractivity contribution < 1.29 is 4.74 Å². The molecule has 0 saturated carbocycles. The summed E-state index contributed by atoms with van der Waals surface area (Å²) in [6.45, 7) is 0.551. The fraction of sp³-hybridized carbons (Fsp3) is 0.200. The van der Waals surface area contributed by atoms with E-state index in [0.717, 1.165) is 5.69 Å². The SMILES string of the molecule is COc1ccnc(NCc2ccncn2)n1. The summed E-state index contributed by atoms with van der Waals surface area (Å²) in [6.07, 6.45) is 4.83. The molecule has 6 heteroatoms. The fourth-order valence-corrected chi connectivity index (χ4v) is 1.13. The summed E-state index contributed by atoms with van der Waals surface area (Å²) < 4.78 is 4.99. The standard InChI is InChI=1S/C10H11N5O/c1-16-9-3-5-12-10(15-9)13-6-8-2-4-11-7-14-8/h2-5,7H,6H2,1H3,(H,12,13,15). The van der Waals surface area contributed by atoms with E-state index in [1.807, 2.05) is 6.07 Å². The van der Waals surface area contributed by atoms with Crippen molar-refractivity contribution in [1.29, 1.82) is 0 Å². The third-order valence-corrected chi connectivity index (χ3v) is 1.91. The Hall–Kier alpha value is -2.24. The number of methoxy groups -OCH3 is 1. The number of ether oxygens (including phenoxy) is 1. The number of anilines is 1. The van der Waals surface area contributed by atoms with Gasteiger partial charge in [0.05, 0.1) is 19.3 Å². The highest BCUT2D eigenvalue weighted by molar-refractivity contribution is 5.28. The van der Waals surface area contributed by atoms with Crippen LogP contribution in [0.4, 0.5) is 5.95 Å². The van der Waals surface area contributed by atoms with Crippen LogP contribution in [0.3, 0.4) is 0 Å². The molecule has 0 radical (unpaired) electrons. The maximum atomic E-state index is 4.99. The van der Waals surface area contributed by atoms with E-state index in [1.54, 1.807) is 25.6 Å². The molecular weight excluding hydrogens is 206 g/mol. The van der Waals surface area contributed by atoms with Crippen LogP contribution in [-0.2, 0) is 6.54 Å². The number of aromatic nitrogens is 4. The van der Waals surface area contributed by atoms with Gasteiger partial charge in [-0.25, -0.2) is 15.0 Å². The average Bonchev–Trinajstić information content (AvgIpc) is 2.38. The summed E-state index contributed by atoms with van der Waals surface area (Å²) in [5, 5.41) is 3.04. The lowest BCUT2D eigenvalue weighted by Crippen LogP contribution is -2.05. The van der Waals surface area contributed by atoms with E-state index in [2.05, 4.69) is 25.3 Å². The smallest absolute Gasteiger partial charge is 0.226 e. The molecule has 16 heavy (non-hydrogen) atoms. The molecule has 6 nitrogen and oxygen atoms in total. The molecule has 0 aromatic carbocycles. The van der Waals surface area contributed by atoms with E-state index < -0.39 is 0 Å². The molecule has 0 aliphatic carbocycles. The Balaban J connectivity index is 1.99. The highest BCUT2D eigenvalue weighted by atomic mass is 16.5. The first-order chi connectivity index (χ1) is 7.88. The van der Waals surface area contributed by atoms with Gasteiger partial charge in [-0.1, -0.05) is 0 Å². The van der Waals surface area contributed by atoms with Gasteiger partial charge in [0.15, 0.2) is 0 Å². The molecule has 1 N–H and O–H groups in total. The Labute approximate surface area is 92.8 Å². The summed E-state index contributed by atoms with van der Waals surface area (Å²) in [6, 6.07) is 3.52. The highest BCUT2D eigenvalue weighted by Crippen LogP contribution is 2.07. The van der Waals surface area contributed by atoms with Gasteiger partial charge in [-0.2, -0.15) is 4.98 Å². The van der Waals surface area contributed by atoms with Gasteiger partial charge in [-0.15, -0.1) is 0 Å². The first-order valence-corrected chi connectivity index (χ1v) is 4.74. The van der Waals surface area contributed by atoms with E-state index in [0.29, 0.717) is 18.4 Å². The van der Waals surface area contributed by atoms with Gasteiger partial charge in [0, 0.05) is 18.5 Å². The lowest BCUT2D eigenvalue weighted by molar-refractivity contribution is 0.397. The van der Waals surface area contributed by atoms with Gasteiger partial charge in [-0.3, -0.25) is 0 Å². The first-order valence-electron chi connectivity index (χ1n) is 4.74. The molecule has 2 aromatic rings. The van der Waals surface area contributed by atoms with Gasteiger partial charge in [0.25, 0.3) is 0 Å². The van der Waals surface area contributed by atoms with Gasteiger partial charge in [0.1, 0.15) is 6.33 Å². The molecule has 0 atom stereocenters. The van der Waals surface area contributed by atoms with E-state index in [4.69, 9.17) is 4.74 Å². The van der Waals surface area contributed by atoms with Crippen molar-refractivity contribution in [2.75, 3.05) is 12.4 Å². The molecule has 0 spiro atoms. The Bertz CT molecular complexity index is 448. The summed E-state index contributed by atoms with van der Waals surface area (Å²) in [4.78, 5) is 16.1. The number of hydrogen-bond donors (Lipinski definition) is 1. The predicted molar refractivity (Wildman–Crippen MR) is 57.9 cm³/mol. The van der Waals surface area contributed by atoms with Crippen molar-refractivity contribution >= 4 is 5.95 Å². The minimum absolute atomic E-state index is 0.512. The zero-order valence-corrected chi connectivity index (χ0v) is 8.79. The molecule has 2 rings (SSSR count). The van der Waals surface area contributed by atoms with E-state index in [1.165, 1.54) is 6.33 Å². The molecule has 2 heterocycles. The van der Waals surface area contributed by atoms with Crippen molar-refractivity contribution in [3.05, 3.63) is 36.5 Å². The molecule has 0 aliphatic rings. The van der Waals surface area contributed by atoms with Crippen molar-refractivity contribution in [2.24, 2.45) is 0 Å². The average molecular weight is 217 g/mol. The van der Waals surface area contributed by atoms with E-state index in [9.17, 15) is 0 Å². The summed E-state index contributed by atoms with van der Waals surface area (Å²) in [7, 11) is 1.57. The van der Waals surface area contributed by atoms with Crippen LogP contribution >= 0.6 is 0 Å². The van der Waals surface area contributed by atoms with Crippen LogP contribution in [-0.4, -0.2) is 27.0 Å². The summed E-state index contributed by atoms with van der Waals surface area (Å²) >= 11 is 0. The van der Waals surface area contributed by atoms with Crippen molar-refractivity contribution in [3.63, 3.8) is 0 Å². The van der Waals surface area contributed by atoms with E-state index >= 15 is 0 Å². The third kappa shape index (κ3) is 2.63. The lowest BCUT2D eigenvalue weighted by atomic mass is 10.4. The van der Waals surface area contributed by atoms with Crippen LogP contribution in [0.1, 0.15) is 5.69 Å². The molecule has 0 unspecified atom stereocenters. The minimum Gasteiger partial charge on any atom is -0.481 e. The summed E-state index contributed by atoms with van der Waals surface area (Å²) in [5.41, 5.74) is 0.876. The monoisotopic (exact) mass is 217 g/mol. The summed E-state index contributed by atoms with van der Waals surface area (Å²) in [5.74, 6) is 1.04. The molecule has 0 fully saturated rings. The van der Waals surface area contributed by atoms with Crippen LogP contribution in [0, 0.1) is 0 Å². The molecular formula is C10H11N5O. The van der Waals surface area contributed by atoms with Crippen molar-refractivity contribution in [1.82, 2.24) is 19.9 Å². The van der Waals surface area contributed by atoms with Gasteiger partial charge in [0.2, 0.25) is 11.8 Å². The van der Waals surface area contributed by atoms with Crippen LogP contribution in [0.25, 0.3) is 0 Å². The molecule has 0 amide bonds. The topological polar surface area (TPSA) is 72.8 Å².